The van der Waals surface area contributed by atoms with Gasteiger partial charge in [-0.05, 0) is 72.5 Å². The predicted octanol–water partition coefficient (Wildman–Crippen LogP) is 1.87. The molecule has 9 nitrogen and oxygen atoms in total. The number of hydrogen-bond acceptors (Lipinski definition) is 8. The molecule has 0 aliphatic heterocycles. The van der Waals surface area contributed by atoms with Gasteiger partial charge in [0.05, 0.1) is 11.6 Å². The molecule has 10 heteroatoms. The van der Waals surface area contributed by atoms with Crippen molar-refractivity contribution < 1.29 is 34.8 Å². The number of likely N-dealkylation sites (N-methyl/N-ethyl adjacent to an activating group) is 1. The molecule has 4 unspecified atom stereocenters. The van der Waals surface area contributed by atoms with Gasteiger partial charge in [-0.15, -0.1) is 0 Å². The van der Waals surface area contributed by atoms with Crippen LogP contribution in [0.4, 0.5) is 0 Å². The molecule has 6 N–H and O–H groups in total. The highest BCUT2D eigenvalue weighted by atomic mass is 127. The van der Waals surface area contributed by atoms with Crippen molar-refractivity contribution in [3.05, 3.63) is 43.2 Å². The first-order valence-corrected chi connectivity index (χ1v) is 12.3. The van der Waals surface area contributed by atoms with E-state index < -0.39 is 63.5 Å². The summed E-state index contributed by atoms with van der Waals surface area (Å²) in [4.78, 5) is 40.5. The number of aromatic hydroxyl groups is 1. The third-order valence-electron chi connectivity index (χ3n) is 7.47. The number of aliphatic hydroxyl groups excluding tert-OH is 2. The van der Waals surface area contributed by atoms with Crippen molar-refractivity contribution in [1.29, 1.82) is 0 Å². The van der Waals surface area contributed by atoms with Gasteiger partial charge in [-0.1, -0.05) is 20.8 Å². The molecule has 0 aromatic heterocycles. The number of amides is 1. The van der Waals surface area contributed by atoms with Crippen molar-refractivity contribution in [3.8, 4) is 5.75 Å². The molecule has 1 saturated carbocycles. The number of Topliss-reactive ketones (excluding diaryl/α,β-unsaturated/α-hetero) is 2. The Morgan fingerprint density at radius 2 is 1.80 bits per heavy atom. The first kappa shape index (κ1) is 25.6. The van der Waals surface area contributed by atoms with E-state index in [0.29, 0.717) is 11.1 Å². The number of fused-ring (bicyclic) bond motifs is 3. The number of carbonyl (C=O) groups excluding carboxylic acids is 3. The lowest BCUT2D eigenvalue weighted by Crippen LogP contribution is -2.65. The van der Waals surface area contributed by atoms with Crippen LogP contribution in [0.15, 0.2) is 23.0 Å². The van der Waals surface area contributed by atoms with Crippen LogP contribution in [-0.4, -0.2) is 68.5 Å². The molecule has 1 aromatic carbocycles. The standard InChI is InChI=1S/C25H29IN2O7/c1-24(2,3)12-8-13(26)10-6-9-7-11-17(28(4)5)20(31)16(23(27)34)22(33)25(11,35)21(32)14(9)19(30)15(10)18(12)29/h8-9,11,17,29-30,33,35H,6-7H2,1-5H3,(H2,27,34). The van der Waals surface area contributed by atoms with Gasteiger partial charge in [0.1, 0.15) is 22.8 Å². The second-order valence-electron chi connectivity index (χ2n) is 10.8. The van der Waals surface area contributed by atoms with Crippen molar-refractivity contribution in [2.24, 2.45) is 17.6 Å². The monoisotopic (exact) mass is 596 g/mol. The summed E-state index contributed by atoms with van der Waals surface area (Å²) in [5.41, 5.74) is 2.66. The van der Waals surface area contributed by atoms with Gasteiger partial charge in [0.15, 0.2) is 11.4 Å². The number of carbonyl (C=O) groups is 3. The Bertz CT molecular complexity index is 1260. The maximum Gasteiger partial charge on any atom is 0.255 e. The van der Waals surface area contributed by atoms with Gasteiger partial charge in [0.25, 0.3) is 5.91 Å². The van der Waals surface area contributed by atoms with E-state index in [-0.39, 0.29) is 29.7 Å². The van der Waals surface area contributed by atoms with E-state index in [9.17, 15) is 34.8 Å². The highest BCUT2D eigenvalue weighted by molar-refractivity contribution is 14.1. The summed E-state index contributed by atoms with van der Waals surface area (Å²) in [6.07, 6.45) is 0.356. The Morgan fingerprint density at radius 3 is 2.31 bits per heavy atom. The van der Waals surface area contributed by atoms with Crippen LogP contribution in [0, 0.1) is 15.4 Å². The average molecular weight is 596 g/mol. The third kappa shape index (κ3) is 3.44. The molecule has 0 saturated heterocycles. The van der Waals surface area contributed by atoms with Crippen molar-refractivity contribution in [1.82, 2.24) is 4.90 Å². The molecular weight excluding hydrogens is 567 g/mol. The number of rotatable bonds is 2. The van der Waals surface area contributed by atoms with Gasteiger partial charge in [-0.2, -0.15) is 0 Å². The Labute approximate surface area is 216 Å². The van der Waals surface area contributed by atoms with Crippen LogP contribution in [0.3, 0.4) is 0 Å². The highest BCUT2D eigenvalue weighted by Crippen LogP contribution is 2.54. The van der Waals surface area contributed by atoms with Gasteiger partial charge in [-0.25, -0.2) is 0 Å². The zero-order valence-electron chi connectivity index (χ0n) is 20.1. The lowest BCUT2D eigenvalue weighted by atomic mass is 9.57. The summed E-state index contributed by atoms with van der Waals surface area (Å²) in [5.74, 6) is -6.39. The Hall–Kier alpha value is -2.44. The molecule has 35 heavy (non-hydrogen) atoms. The molecule has 188 valence electrons. The van der Waals surface area contributed by atoms with Crippen LogP contribution in [0.2, 0.25) is 0 Å². The van der Waals surface area contributed by atoms with Crippen LogP contribution in [0.1, 0.15) is 43.9 Å². The van der Waals surface area contributed by atoms with E-state index >= 15 is 0 Å². The molecule has 0 radical (unpaired) electrons. The molecule has 3 aliphatic rings. The van der Waals surface area contributed by atoms with Crippen LogP contribution in [0.5, 0.6) is 5.75 Å². The minimum Gasteiger partial charge on any atom is -0.508 e. The van der Waals surface area contributed by atoms with Crippen LogP contribution >= 0.6 is 22.6 Å². The predicted molar refractivity (Wildman–Crippen MR) is 136 cm³/mol. The second kappa shape index (κ2) is 8.04. The zero-order chi connectivity index (χ0) is 26.4. The van der Waals surface area contributed by atoms with Crippen molar-refractivity contribution in [3.63, 3.8) is 0 Å². The van der Waals surface area contributed by atoms with Crippen LogP contribution < -0.4 is 5.73 Å². The molecule has 3 aliphatic carbocycles. The summed E-state index contributed by atoms with van der Waals surface area (Å²) in [6, 6.07) is 0.761. The lowest BCUT2D eigenvalue weighted by Gasteiger charge is -2.50. The molecule has 0 bridgehead atoms. The van der Waals surface area contributed by atoms with Crippen molar-refractivity contribution >= 4 is 45.8 Å². The summed E-state index contributed by atoms with van der Waals surface area (Å²) >= 11 is 2.14. The molecule has 1 aromatic rings. The number of aliphatic hydroxyl groups is 3. The first-order chi connectivity index (χ1) is 16.0. The smallest absolute Gasteiger partial charge is 0.255 e. The van der Waals surface area contributed by atoms with E-state index in [4.69, 9.17) is 5.73 Å². The molecule has 1 fully saturated rings. The maximum absolute atomic E-state index is 13.8. The average Bonchev–Trinajstić information content (AvgIpc) is 2.71. The minimum absolute atomic E-state index is 0.0730. The normalized spacial score (nSPS) is 28.7. The van der Waals surface area contributed by atoms with Crippen LogP contribution in [0.25, 0.3) is 5.76 Å². The quantitative estimate of drug-likeness (QED) is 0.256. The second-order valence-corrected chi connectivity index (χ2v) is 12.0. The lowest BCUT2D eigenvalue weighted by molar-refractivity contribution is -0.153. The molecule has 0 heterocycles. The Kier molecular flexibility index (Phi) is 5.89. The largest absolute Gasteiger partial charge is 0.508 e. The van der Waals surface area contributed by atoms with Crippen molar-refractivity contribution in [2.75, 3.05) is 14.1 Å². The van der Waals surface area contributed by atoms with E-state index in [1.807, 2.05) is 26.8 Å². The summed E-state index contributed by atoms with van der Waals surface area (Å²) in [7, 11) is 3.14. The van der Waals surface area contributed by atoms with Gasteiger partial charge in [0, 0.05) is 20.6 Å². The molecule has 4 rings (SSSR count). The number of benzene rings is 1. The summed E-state index contributed by atoms with van der Waals surface area (Å²) < 4.78 is 0.807. The van der Waals surface area contributed by atoms with E-state index in [1.165, 1.54) is 4.90 Å². The van der Waals surface area contributed by atoms with Crippen molar-refractivity contribution in [2.45, 2.75) is 50.7 Å². The number of phenolic OH excluding ortho intramolecular Hbond substituents is 1. The Balaban J connectivity index is 2.00. The number of primary amides is 1. The maximum atomic E-state index is 13.8. The fourth-order valence-corrected chi connectivity index (χ4v) is 6.64. The van der Waals surface area contributed by atoms with E-state index in [1.54, 1.807) is 14.1 Å². The molecule has 0 spiro atoms. The fraction of sp³-hybridized carbons (Fsp3) is 0.480. The SMILES string of the molecule is CN(C)C1C(=O)C(C(N)=O)=C(O)C2(O)C(=O)C3=C(O)c4c(O)c(C(C)(C)C)cc(I)c4CC3CC12. The number of nitrogens with two attached hydrogens (primary N) is 1. The van der Waals surface area contributed by atoms with Crippen LogP contribution in [-0.2, 0) is 26.2 Å². The fourth-order valence-electron chi connectivity index (χ4n) is 5.84. The summed E-state index contributed by atoms with van der Waals surface area (Å²) in [6.45, 7) is 5.73. The molecule has 1 amide bonds. The number of ketones is 2. The molecule has 4 atom stereocenters. The first-order valence-electron chi connectivity index (χ1n) is 11.2. The Morgan fingerprint density at radius 1 is 1.20 bits per heavy atom. The van der Waals surface area contributed by atoms with Gasteiger partial charge >= 0.3 is 0 Å². The number of phenols is 1. The number of hydrogen-bond donors (Lipinski definition) is 5. The minimum atomic E-state index is -2.63. The topological polar surface area (TPSA) is 161 Å². The van der Waals surface area contributed by atoms with Gasteiger partial charge < -0.3 is 26.2 Å². The molecular formula is C25H29IN2O7. The zero-order valence-corrected chi connectivity index (χ0v) is 22.3. The number of nitrogens with zero attached hydrogens (tertiary/aromatic N) is 1. The third-order valence-corrected chi connectivity index (χ3v) is 8.44. The van der Waals surface area contributed by atoms with E-state index in [2.05, 4.69) is 22.6 Å². The number of halogens is 1. The highest BCUT2D eigenvalue weighted by Gasteiger charge is 2.64. The summed E-state index contributed by atoms with van der Waals surface area (Å²) in [5, 5.41) is 45.0. The van der Waals surface area contributed by atoms with E-state index in [0.717, 1.165) is 3.57 Å². The van der Waals surface area contributed by atoms with Gasteiger partial charge in [-0.3, -0.25) is 19.3 Å². The van der Waals surface area contributed by atoms with Gasteiger partial charge in [0.2, 0.25) is 5.78 Å².